The largest absolute Gasteiger partial charge is 0.396 e. The molecule has 1 amide bonds. The number of carbonyl (C=O) groups is 1. The quantitative estimate of drug-likeness (QED) is 0.830. The Kier molecular flexibility index (Phi) is 6.57. The molecule has 5 nitrogen and oxygen atoms in total. The van der Waals surface area contributed by atoms with E-state index in [1.807, 2.05) is 4.90 Å². The summed E-state index contributed by atoms with van der Waals surface area (Å²) in [5.41, 5.74) is 1.49. The van der Waals surface area contributed by atoms with E-state index in [1.165, 1.54) is 0 Å². The van der Waals surface area contributed by atoms with Crippen molar-refractivity contribution in [1.29, 1.82) is 0 Å². The van der Waals surface area contributed by atoms with Crippen molar-refractivity contribution in [3.05, 3.63) is 35.4 Å². The first-order valence-corrected chi connectivity index (χ1v) is 8.33. The molecule has 5 heteroatoms. The maximum Gasteiger partial charge on any atom is 0.253 e. The molecule has 0 aromatic heterocycles. The van der Waals surface area contributed by atoms with E-state index in [0.717, 1.165) is 37.9 Å². The van der Waals surface area contributed by atoms with Gasteiger partial charge in [-0.15, -0.1) is 0 Å². The van der Waals surface area contributed by atoms with E-state index in [1.54, 1.807) is 24.3 Å². The lowest BCUT2D eigenvalue weighted by molar-refractivity contribution is 0.0495. The molecule has 0 aliphatic carbocycles. The molecule has 2 atom stereocenters. The maximum absolute atomic E-state index is 12.7. The second kappa shape index (κ2) is 8.43. The summed E-state index contributed by atoms with van der Waals surface area (Å²) >= 11 is 0. The first-order valence-electron chi connectivity index (χ1n) is 8.33. The Bertz CT molecular complexity index is 501. The van der Waals surface area contributed by atoms with Crippen LogP contribution in [0.15, 0.2) is 24.3 Å². The number of likely N-dealkylation sites (tertiary alicyclic amines) is 1. The minimum atomic E-state index is -0.00800. The minimum Gasteiger partial charge on any atom is -0.396 e. The molecule has 128 valence electrons. The lowest BCUT2D eigenvalue weighted by Gasteiger charge is -2.41. The zero-order valence-corrected chi connectivity index (χ0v) is 14.1. The van der Waals surface area contributed by atoms with E-state index < -0.39 is 0 Å². The molecule has 1 heterocycles. The molecule has 1 fully saturated rings. The van der Waals surface area contributed by atoms with Gasteiger partial charge in [0.05, 0.1) is 6.61 Å². The molecule has 0 saturated carbocycles. The molecule has 1 aliphatic heterocycles. The van der Waals surface area contributed by atoms with Gasteiger partial charge >= 0.3 is 0 Å². The zero-order valence-electron chi connectivity index (χ0n) is 14.1. The summed E-state index contributed by atoms with van der Waals surface area (Å²) in [7, 11) is 4.17. The second-order valence-electron chi connectivity index (χ2n) is 6.55. The van der Waals surface area contributed by atoms with Crippen molar-refractivity contribution in [2.24, 2.45) is 5.92 Å². The fourth-order valence-electron chi connectivity index (χ4n) is 3.46. The fourth-order valence-corrected chi connectivity index (χ4v) is 3.46. The summed E-state index contributed by atoms with van der Waals surface area (Å²) in [6, 6.07) is 7.62. The first kappa shape index (κ1) is 17.9. The average Bonchev–Trinajstić information content (AvgIpc) is 2.59. The van der Waals surface area contributed by atoms with Crippen molar-refractivity contribution in [3.63, 3.8) is 0 Å². The number of carbonyl (C=O) groups excluding carboxylic acids is 1. The average molecular weight is 320 g/mol. The Labute approximate surface area is 138 Å². The number of hydrogen-bond donors (Lipinski definition) is 2. The molecule has 0 bridgehead atoms. The van der Waals surface area contributed by atoms with Gasteiger partial charge in [-0.25, -0.2) is 0 Å². The van der Waals surface area contributed by atoms with Crippen LogP contribution in [0.5, 0.6) is 0 Å². The Morgan fingerprint density at radius 1 is 1.26 bits per heavy atom. The number of amides is 1. The zero-order chi connectivity index (χ0) is 16.8. The number of hydrogen-bond acceptors (Lipinski definition) is 4. The van der Waals surface area contributed by atoms with Gasteiger partial charge < -0.3 is 20.0 Å². The van der Waals surface area contributed by atoms with Crippen molar-refractivity contribution >= 4 is 5.91 Å². The Hall–Kier alpha value is -1.43. The molecule has 0 unspecified atom stereocenters. The van der Waals surface area contributed by atoms with Gasteiger partial charge in [-0.05, 0) is 57.0 Å². The van der Waals surface area contributed by atoms with Crippen LogP contribution in [0.2, 0.25) is 0 Å². The van der Waals surface area contributed by atoms with E-state index in [9.17, 15) is 4.79 Å². The van der Waals surface area contributed by atoms with Crippen LogP contribution in [0, 0.1) is 5.92 Å². The van der Waals surface area contributed by atoms with Crippen molar-refractivity contribution in [2.75, 3.05) is 33.8 Å². The SMILES string of the molecule is CN(C)[C@@H]1CCN(C(=O)c2ccc(CO)cc2)C[C@@H]1CCCO. The van der Waals surface area contributed by atoms with Gasteiger partial charge in [0.1, 0.15) is 0 Å². The van der Waals surface area contributed by atoms with E-state index in [4.69, 9.17) is 10.2 Å². The third-order valence-corrected chi connectivity index (χ3v) is 4.76. The van der Waals surface area contributed by atoms with Gasteiger partial charge in [0.25, 0.3) is 5.91 Å². The lowest BCUT2D eigenvalue weighted by Crippen LogP contribution is -2.50. The first-order chi connectivity index (χ1) is 11.1. The third kappa shape index (κ3) is 4.53. The van der Waals surface area contributed by atoms with Crippen LogP contribution in [-0.2, 0) is 6.61 Å². The van der Waals surface area contributed by atoms with E-state index in [2.05, 4.69) is 19.0 Å². The smallest absolute Gasteiger partial charge is 0.253 e. The molecule has 23 heavy (non-hydrogen) atoms. The highest BCUT2D eigenvalue weighted by Crippen LogP contribution is 2.26. The van der Waals surface area contributed by atoms with Crippen LogP contribution >= 0.6 is 0 Å². The topological polar surface area (TPSA) is 64.0 Å². The molecule has 0 spiro atoms. The van der Waals surface area contributed by atoms with Crippen molar-refractivity contribution in [1.82, 2.24) is 9.80 Å². The Morgan fingerprint density at radius 3 is 2.52 bits per heavy atom. The van der Waals surface area contributed by atoms with Crippen LogP contribution in [-0.4, -0.2) is 65.8 Å². The van der Waals surface area contributed by atoms with Crippen molar-refractivity contribution in [2.45, 2.75) is 31.9 Å². The lowest BCUT2D eigenvalue weighted by atomic mass is 9.87. The van der Waals surface area contributed by atoms with E-state index >= 15 is 0 Å². The number of benzene rings is 1. The van der Waals surface area contributed by atoms with Gasteiger partial charge in [-0.2, -0.15) is 0 Å². The number of aliphatic hydroxyl groups is 2. The van der Waals surface area contributed by atoms with Gasteiger partial charge in [-0.1, -0.05) is 12.1 Å². The molecule has 1 aliphatic rings. The third-order valence-electron chi connectivity index (χ3n) is 4.76. The molecule has 0 radical (unpaired) electrons. The predicted octanol–water partition coefficient (Wildman–Crippen LogP) is 1.34. The summed E-state index contributed by atoms with van der Waals surface area (Å²) < 4.78 is 0. The van der Waals surface area contributed by atoms with Gasteiger partial charge in [0.2, 0.25) is 0 Å². The number of piperidine rings is 1. The fraction of sp³-hybridized carbons (Fsp3) is 0.611. The summed E-state index contributed by atoms with van der Waals surface area (Å²) in [5, 5.41) is 18.2. The van der Waals surface area contributed by atoms with Crippen LogP contribution < -0.4 is 0 Å². The highest BCUT2D eigenvalue weighted by molar-refractivity contribution is 5.94. The molecular formula is C18H28N2O3. The minimum absolute atomic E-state index is 0.00800. The summed E-state index contributed by atoms with van der Waals surface area (Å²) in [6.07, 6.45) is 2.68. The maximum atomic E-state index is 12.7. The Balaban J connectivity index is 2.05. The van der Waals surface area contributed by atoms with E-state index in [0.29, 0.717) is 17.5 Å². The summed E-state index contributed by atoms with van der Waals surface area (Å²) in [5.74, 6) is 0.451. The highest BCUT2D eigenvalue weighted by Gasteiger charge is 2.32. The molecule has 2 rings (SSSR count). The van der Waals surface area contributed by atoms with Crippen LogP contribution in [0.25, 0.3) is 0 Å². The second-order valence-corrected chi connectivity index (χ2v) is 6.55. The summed E-state index contributed by atoms with van der Waals surface area (Å²) in [4.78, 5) is 16.9. The number of nitrogens with zero attached hydrogens (tertiary/aromatic N) is 2. The molecular weight excluding hydrogens is 292 g/mol. The summed E-state index contributed by atoms with van der Waals surface area (Å²) in [6.45, 7) is 1.70. The normalized spacial score (nSPS) is 21.7. The van der Waals surface area contributed by atoms with Gasteiger partial charge in [0.15, 0.2) is 0 Å². The molecule has 2 N–H and O–H groups in total. The molecule has 1 aromatic rings. The predicted molar refractivity (Wildman–Crippen MR) is 90.2 cm³/mol. The van der Waals surface area contributed by atoms with Crippen LogP contribution in [0.1, 0.15) is 35.2 Å². The monoisotopic (exact) mass is 320 g/mol. The standard InChI is InChI=1S/C18H28N2O3/c1-19(2)17-9-10-20(12-16(17)4-3-11-21)18(23)15-7-5-14(13-22)6-8-15/h5-8,16-17,21-22H,3-4,9-13H2,1-2H3/t16-,17+/m0/s1. The van der Waals surface area contributed by atoms with Gasteiger partial charge in [-0.3, -0.25) is 4.79 Å². The van der Waals surface area contributed by atoms with Gasteiger partial charge in [0, 0.05) is 31.3 Å². The Morgan fingerprint density at radius 2 is 1.96 bits per heavy atom. The van der Waals surface area contributed by atoms with E-state index in [-0.39, 0.29) is 19.1 Å². The van der Waals surface area contributed by atoms with Crippen LogP contribution in [0.3, 0.4) is 0 Å². The molecule has 1 saturated heterocycles. The highest BCUT2D eigenvalue weighted by atomic mass is 16.3. The van der Waals surface area contributed by atoms with Crippen LogP contribution in [0.4, 0.5) is 0 Å². The van der Waals surface area contributed by atoms with Crippen molar-refractivity contribution in [3.8, 4) is 0 Å². The molecule has 1 aromatic carbocycles. The number of aliphatic hydroxyl groups excluding tert-OH is 2. The van der Waals surface area contributed by atoms with Crippen molar-refractivity contribution < 1.29 is 15.0 Å². The number of rotatable bonds is 6.